The van der Waals surface area contributed by atoms with Crippen LogP contribution in [0.25, 0.3) is 0 Å². The summed E-state index contributed by atoms with van der Waals surface area (Å²) in [5.41, 5.74) is 1.32. The smallest absolute Gasteiger partial charge is 1.00 e. The van der Waals surface area contributed by atoms with Crippen molar-refractivity contribution in [1.82, 2.24) is 0 Å². The van der Waals surface area contributed by atoms with E-state index in [1.54, 1.807) is 0 Å². The maximum absolute atomic E-state index is 10.4. The monoisotopic (exact) mass is 376 g/mol. The van der Waals surface area contributed by atoms with E-state index < -0.39 is 5.97 Å². The van der Waals surface area contributed by atoms with Crippen LogP contribution >= 0.6 is 0 Å². The van der Waals surface area contributed by atoms with Gasteiger partial charge in [0.25, 0.3) is 0 Å². The van der Waals surface area contributed by atoms with Gasteiger partial charge in [-0.25, -0.2) is 0 Å². The van der Waals surface area contributed by atoms with Crippen LogP contribution in [0.15, 0.2) is 30.3 Å². The average molecular weight is 376 g/mol. The summed E-state index contributed by atoms with van der Waals surface area (Å²) in [7, 11) is 0. The molecule has 1 aromatic rings. The van der Waals surface area contributed by atoms with E-state index in [9.17, 15) is 4.79 Å². The van der Waals surface area contributed by atoms with E-state index in [-0.39, 0.29) is 57.7 Å². The first-order chi connectivity index (χ1) is 8.11. The number of benzene rings is 1. The van der Waals surface area contributed by atoms with E-state index in [0.717, 1.165) is 25.7 Å². The summed E-state index contributed by atoms with van der Waals surface area (Å²) in [6, 6.07) is 10.3. The summed E-state index contributed by atoms with van der Waals surface area (Å²) in [5.74, 6) is -0.754. The first-order valence-corrected chi connectivity index (χ1v) is 6.36. The van der Waals surface area contributed by atoms with Gasteiger partial charge < -0.3 is 7.96 Å². The van der Waals surface area contributed by atoms with E-state index in [0.29, 0.717) is 0 Å². The number of hydrogen-bond acceptors (Lipinski definition) is 1. The third-order valence-corrected chi connectivity index (χ3v) is 2.69. The quantitative estimate of drug-likeness (QED) is 0.786. The van der Waals surface area contributed by atoms with Crippen molar-refractivity contribution < 1.29 is 12.8 Å². The Kier molecular flexibility index (Phi) is 15.6. The Hall–Kier alpha value is 0.261. The Morgan fingerprint density at radius 3 is 2.11 bits per heavy atom. The number of aryl methyl sites for hydroxylation is 1. The number of aliphatic carboxylic acids is 1. The van der Waals surface area contributed by atoms with Gasteiger partial charge in [0.1, 0.15) is 0 Å². The fourth-order valence-electron chi connectivity index (χ4n) is 1.49. The Balaban J connectivity index is -0.000000115. The molecule has 0 aliphatic carbocycles. The number of rotatable bonds is 5. The zero-order valence-electron chi connectivity index (χ0n) is 13.9. The Bertz CT molecular complexity index is 308. The van der Waals surface area contributed by atoms with Crippen LogP contribution in [0.4, 0.5) is 0 Å². The van der Waals surface area contributed by atoms with Crippen molar-refractivity contribution in [3.8, 4) is 0 Å². The molecule has 0 aliphatic heterocycles. The third-order valence-electron chi connectivity index (χ3n) is 2.69. The van der Waals surface area contributed by atoms with E-state index in [2.05, 4.69) is 26.0 Å². The van der Waals surface area contributed by atoms with Crippen LogP contribution in [0.1, 0.15) is 47.9 Å². The first-order valence-electron chi connectivity index (χ1n) is 6.36. The zero-order chi connectivity index (χ0) is 13.1. The second-order valence-electron chi connectivity index (χ2n) is 4.24. The molecule has 100 valence electrons. The first kappa shape index (κ1) is 20.6. The number of carbonyl (C=O) groups is 1. The molecule has 0 saturated heterocycles. The average Bonchev–Trinajstić information content (AvgIpc) is 2.31. The van der Waals surface area contributed by atoms with Gasteiger partial charge in [-0.15, -0.1) is 0 Å². The minimum atomic E-state index is -0.643. The van der Waals surface area contributed by atoms with Crippen molar-refractivity contribution in [3.63, 3.8) is 0 Å². The molecule has 1 atom stereocenters. The number of carboxylic acids is 1. The Morgan fingerprint density at radius 2 is 1.83 bits per heavy atom. The van der Waals surface area contributed by atoms with Gasteiger partial charge in [0.05, 0.1) is 5.92 Å². The second-order valence-corrected chi connectivity index (χ2v) is 4.24. The Morgan fingerprint density at radius 1 is 1.28 bits per heavy atom. The van der Waals surface area contributed by atoms with Gasteiger partial charge in [-0.2, -0.15) is 0 Å². The van der Waals surface area contributed by atoms with Crippen LogP contribution in [-0.4, -0.2) is 60.0 Å². The fourth-order valence-corrected chi connectivity index (χ4v) is 1.49. The molecule has 0 aliphatic rings. The molecule has 0 amide bonds. The molecule has 1 rings (SSSR count). The molecule has 2 nitrogen and oxygen atoms in total. The SMILES string of the molecule is CCCCC(CC)C(=O)O.Cc1ccccc1.[Ba+2].[H-].[H-]. The molecule has 0 saturated carbocycles. The molecule has 0 spiro atoms. The fraction of sp³-hybridized carbons (Fsp3) is 0.533. The predicted molar refractivity (Wildman–Crippen MR) is 80.1 cm³/mol. The van der Waals surface area contributed by atoms with Gasteiger partial charge in [0.2, 0.25) is 0 Å². The van der Waals surface area contributed by atoms with Crippen molar-refractivity contribution in [2.45, 2.75) is 46.5 Å². The maximum Gasteiger partial charge on any atom is 2.00 e. The van der Waals surface area contributed by atoms with E-state index in [1.165, 1.54) is 5.56 Å². The minimum Gasteiger partial charge on any atom is -1.00 e. The van der Waals surface area contributed by atoms with Crippen molar-refractivity contribution in [3.05, 3.63) is 35.9 Å². The van der Waals surface area contributed by atoms with E-state index in [1.807, 2.05) is 25.1 Å². The van der Waals surface area contributed by atoms with Crippen LogP contribution < -0.4 is 0 Å². The van der Waals surface area contributed by atoms with Crippen molar-refractivity contribution in [2.75, 3.05) is 0 Å². The summed E-state index contributed by atoms with van der Waals surface area (Å²) in [4.78, 5) is 10.4. The molecular formula is C15H26BaO2. The normalized spacial score (nSPS) is 10.6. The van der Waals surface area contributed by atoms with Gasteiger partial charge in [-0.3, -0.25) is 4.79 Å². The van der Waals surface area contributed by atoms with Crippen molar-refractivity contribution in [2.24, 2.45) is 5.92 Å². The van der Waals surface area contributed by atoms with Crippen LogP contribution in [0.3, 0.4) is 0 Å². The molecule has 18 heavy (non-hydrogen) atoms. The molecule has 1 N–H and O–H groups in total. The van der Waals surface area contributed by atoms with Gasteiger partial charge in [-0.1, -0.05) is 62.6 Å². The summed E-state index contributed by atoms with van der Waals surface area (Å²) in [6.45, 7) is 6.09. The molecule has 0 fully saturated rings. The van der Waals surface area contributed by atoms with Crippen LogP contribution in [0, 0.1) is 12.8 Å². The van der Waals surface area contributed by atoms with Gasteiger partial charge in [0.15, 0.2) is 0 Å². The summed E-state index contributed by atoms with van der Waals surface area (Å²) in [5, 5.41) is 8.60. The molecule has 0 radical (unpaired) electrons. The van der Waals surface area contributed by atoms with E-state index >= 15 is 0 Å². The standard InChI is InChI=1S/C8H16O2.C7H8.Ba.2H/c1-3-5-6-7(4-2)8(9)10;1-7-5-3-2-4-6-7;;;/h7H,3-6H2,1-2H3,(H,9,10);2-6H,1H3;;;/q;;+2;2*-1. The maximum atomic E-state index is 10.4. The van der Waals surface area contributed by atoms with E-state index in [4.69, 9.17) is 5.11 Å². The molecule has 0 aromatic heterocycles. The van der Waals surface area contributed by atoms with Crippen molar-refractivity contribution >= 4 is 54.9 Å². The van der Waals surface area contributed by atoms with Gasteiger partial charge >= 0.3 is 54.9 Å². The van der Waals surface area contributed by atoms with Crippen LogP contribution in [0.2, 0.25) is 0 Å². The molecule has 3 heteroatoms. The van der Waals surface area contributed by atoms with Crippen LogP contribution in [-0.2, 0) is 4.79 Å². The van der Waals surface area contributed by atoms with Gasteiger partial charge in [0, 0.05) is 0 Å². The summed E-state index contributed by atoms with van der Waals surface area (Å²) < 4.78 is 0. The second kappa shape index (κ2) is 13.7. The number of carboxylic acid groups (broad SMARTS) is 1. The minimum absolute atomic E-state index is 0. The zero-order valence-corrected chi connectivity index (χ0v) is 16.3. The van der Waals surface area contributed by atoms with Gasteiger partial charge in [-0.05, 0) is 19.8 Å². The van der Waals surface area contributed by atoms with Crippen molar-refractivity contribution in [1.29, 1.82) is 0 Å². The third kappa shape index (κ3) is 11.4. The molecular weight excluding hydrogens is 349 g/mol. The summed E-state index contributed by atoms with van der Waals surface area (Å²) >= 11 is 0. The molecule has 0 bridgehead atoms. The number of hydrogen-bond donors (Lipinski definition) is 1. The Labute approximate surface area is 154 Å². The topological polar surface area (TPSA) is 37.3 Å². The number of unbranched alkanes of at least 4 members (excludes halogenated alkanes) is 1. The predicted octanol–water partition coefficient (Wildman–Crippen LogP) is 4.13. The largest absolute Gasteiger partial charge is 2.00 e. The molecule has 0 heterocycles. The summed E-state index contributed by atoms with van der Waals surface area (Å²) in [6.07, 6.45) is 3.71. The van der Waals surface area contributed by atoms with Crippen LogP contribution in [0.5, 0.6) is 0 Å². The molecule has 1 unspecified atom stereocenters. The molecule has 1 aromatic carbocycles.